The average molecular weight is 234 g/mol. The van der Waals surface area contributed by atoms with E-state index in [0.717, 1.165) is 12.8 Å². The Morgan fingerprint density at radius 3 is 1.69 bits per heavy atom. The molecule has 0 aliphatic heterocycles. The van der Waals surface area contributed by atoms with Crippen molar-refractivity contribution in [1.29, 1.82) is 0 Å². The van der Waals surface area contributed by atoms with Crippen molar-refractivity contribution in [3.63, 3.8) is 0 Å². The van der Waals surface area contributed by atoms with Crippen LogP contribution in [0.2, 0.25) is 0 Å². The van der Waals surface area contributed by atoms with E-state index < -0.39 is 18.4 Å². The maximum Gasteiger partial charge on any atom is 0.508 e. The standard InChI is InChI=1S/C11H22O5/c1-3-5-9(12)7-15-11(14)16-8-10(13)6-4-2/h9-10,12-13H,3-8H2,1-2H3. The Morgan fingerprint density at radius 1 is 1.00 bits per heavy atom. The Balaban J connectivity index is 3.51. The molecule has 5 nitrogen and oxygen atoms in total. The van der Waals surface area contributed by atoms with Gasteiger partial charge in [-0.15, -0.1) is 0 Å². The number of aliphatic hydroxyl groups excluding tert-OH is 2. The molecule has 96 valence electrons. The van der Waals surface area contributed by atoms with Crippen molar-refractivity contribution >= 4 is 6.16 Å². The Kier molecular flexibility index (Phi) is 8.94. The van der Waals surface area contributed by atoms with Crippen LogP contribution in [0.5, 0.6) is 0 Å². The highest BCUT2D eigenvalue weighted by Crippen LogP contribution is 2.00. The van der Waals surface area contributed by atoms with Crippen LogP contribution in [-0.4, -0.2) is 41.8 Å². The van der Waals surface area contributed by atoms with Crippen LogP contribution in [0.1, 0.15) is 39.5 Å². The first-order valence-electron chi connectivity index (χ1n) is 5.75. The van der Waals surface area contributed by atoms with Crippen molar-refractivity contribution < 1.29 is 24.5 Å². The third kappa shape index (κ3) is 8.49. The van der Waals surface area contributed by atoms with Crippen molar-refractivity contribution in [2.75, 3.05) is 13.2 Å². The molecular weight excluding hydrogens is 212 g/mol. The number of hydrogen-bond donors (Lipinski definition) is 2. The topological polar surface area (TPSA) is 76.0 Å². The molecule has 0 spiro atoms. The first-order valence-corrected chi connectivity index (χ1v) is 5.75. The van der Waals surface area contributed by atoms with Crippen LogP contribution in [-0.2, 0) is 9.47 Å². The SMILES string of the molecule is CCCC(O)COC(=O)OCC(O)CCC. The van der Waals surface area contributed by atoms with Gasteiger partial charge in [-0.3, -0.25) is 0 Å². The van der Waals surface area contributed by atoms with Crippen LogP contribution in [0, 0.1) is 0 Å². The second-order valence-electron chi connectivity index (χ2n) is 3.76. The molecule has 0 saturated carbocycles. The lowest BCUT2D eigenvalue weighted by Crippen LogP contribution is -2.22. The normalized spacial score (nSPS) is 14.2. The number of ether oxygens (including phenoxy) is 2. The van der Waals surface area contributed by atoms with Gasteiger partial charge in [0.1, 0.15) is 13.2 Å². The zero-order chi connectivity index (χ0) is 12.4. The minimum atomic E-state index is -0.842. The molecule has 0 bridgehead atoms. The molecule has 0 rings (SSSR count). The molecule has 0 amide bonds. The minimum Gasteiger partial charge on any atom is -0.432 e. The van der Waals surface area contributed by atoms with Gasteiger partial charge in [0.15, 0.2) is 0 Å². The summed E-state index contributed by atoms with van der Waals surface area (Å²) in [5.74, 6) is 0. The van der Waals surface area contributed by atoms with E-state index in [1.807, 2.05) is 13.8 Å². The fraction of sp³-hybridized carbons (Fsp3) is 0.909. The molecule has 2 atom stereocenters. The summed E-state index contributed by atoms with van der Waals surface area (Å²) in [4.78, 5) is 11.0. The summed E-state index contributed by atoms with van der Waals surface area (Å²) in [6.07, 6.45) is 0.711. The fourth-order valence-corrected chi connectivity index (χ4v) is 1.20. The van der Waals surface area contributed by atoms with E-state index in [0.29, 0.717) is 12.8 Å². The third-order valence-electron chi connectivity index (χ3n) is 2.03. The van der Waals surface area contributed by atoms with Gasteiger partial charge < -0.3 is 19.7 Å². The summed E-state index contributed by atoms with van der Waals surface area (Å²) in [6, 6.07) is 0. The van der Waals surface area contributed by atoms with E-state index in [4.69, 9.17) is 0 Å². The van der Waals surface area contributed by atoms with Crippen LogP contribution < -0.4 is 0 Å². The van der Waals surface area contributed by atoms with E-state index in [-0.39, 0.29) is 13.2 Å². The maximum absolute atomic E-state index is 11.0. The van der Waals surface area contributed by atoms with E-state index >= 15 is 0 Å². The molecule has 0 heterocycles. The smallest absolute Gasteiger partial charge is 0.432 e. The minimum absolute atomic E-state index is 0.0590. The van der Waals surface area contributed by atoms with Gasteiger partial charge in [-0.2, -0.15) is 0 Å². The summed E-state index contributed by atoms with van der Waals surface area (Å²) in [5.41, 5.74) is 0. The van der Waals surface area contributed by atoms with Gasteiger partial charge in [-0.1, -0.05) is 26.7 Å². The van der Waals surface area contributed by atoms with Crippen LogP contribution in [0.3, 0.4) is 0 Å². The zero-order valence-corrected chi connectivity index (χ0v) is 10.0. The molecule has 0 aliphatic rings. The van der Waals surface area contributed by atoms with Gasteiger partial charge in [-0.05, 0) is 12.8 Å². The molecule has 0 fully saturated rings. The van der Waals surface area contributed by atoms with Gasteiger partial charge in [0.2, 0.25) is 0 Å². The third-order valence-corrected chi connectivity index (χ3v) is 2.03. The summed E-state index contributed by atoms with van der Waals surface area (Å²) in [7, 11) is 0. The van der Waals surface area contributed by atoms with Gasteiger partial charge in [0.05, 0.1) is 12.2 Å². The van der Waals surface area contributed by atoms with E-state index in [1.165, 1.54) is 0 Å². The second-order valence-corrected chi connectivity index (χ2v) is 3.76. The van der Waals surface area contributed by atoms with Gasteiger partial charge >= 0.3 is 6.16 Å². The van der Waals surface area contributed by atoms with E-state index in [2.05, 4.69) is 9.47 Å². The molecule has 16 heavy (non-hydrogen) atoms. The molecule has 2 N–H and O–H groups in total. The predicted octanol–water partition coefficient (Wildman–Crippen LogP) is 1.46. The molecule has 0 aromatic heterocycles. The Labute approximate surface area is 96.4 Å². The number of aliphatic hydroxyl groups is 2. The Bertz CT molecular complexity index is 165. The highest BCUT2D eigenvalue weighted by atomic mass is 16.7. The summed E-state index contributed by atoms with van der Waals surface area (Å²) in [6.45, 7) is 3.75. The van der Waals surface area contributed by atoms with Crippen LogP contribution in [0.25, 0.3) is 0 Å². The molecule has 5 heteroatoms. The van der Waals surface area contributed by atoms with Crippen LogP contribution in [0.4, 0.5) is 4.79 Å². The second kappa shape index (κ2) is 9.42. The molecule has 0 aromatic carbocycles. The lowest BCUT2D eigenvalue weighted by Gasteiger charge is -2.12. The quantitative estimate of drug-likeness (QED) is 0.622. The van der Waals surface area contributed by atoms with E-state index in [1.54, 1.807) is 0 Å². The van der Waals surface area contributed by atoms with Crippen molar-refractivity contribution in [3.8, 4) is 0 Å². The molecule has 0 aromatic rings. The number of rotatable bonds is 8. The van der Waals surface area contributed by atoms with E-state index in [9.17, 15) is 15.0 Å². The number of hydrogen-bond acceptors (Lipinski definition) is 5. The summed E-state index contributed by atoms with van der Waals surface area (Å²) < 4.78 is 9.33. The first-order chi connectivity index (χ1) is 7.60. The van der Waals surface area contributed by atoms with Crippen molar-refractivity contribution in [3.05, 3.63) is 0 Å². The highest BCUT2D eigenvalue weighted by molar-refractivity contribution is 5.59. The number of carbonyl (C=O) groups excluding carboxylic acids is 1. The monoisotopic (exact) mass is 234 g/mol. The van der Waals surface area contributed by atoms with Crippen molar-refractivity contribution in [2.24, 2.45) is 0 Å². The van der Waals surface area contributed by atoms with Crippen LogP contribution in [0.15, 0.2) is 0 Å². The molecule has 0 saturated heterocycles. The summed E-state index contributed by atoms with van der Waals surface area (Å²) >= 11 is 0. The highest BCUT2D eigenvalue weighted by Gasteiger charge is 2.11. The Morgan fingerprint density at radius 2 is 1.38 bits per heavy atom. The largest absolute Gasteiger partial charge is 0.508 e. The number of carbonyl (C=O) groups is 1. The van der Waals surface area contributed by atoms with Gasteiger partial charge in [0.25, 0.3) is 0 Å². The fourth-order valence-electron chi connectivity index (χ4n) is 1.20. The molecular formula is C11H22O5. The molecule has 0 radical (unpaired) electrons. The van der Waals surface area contributed by atoms with Gasteiger partial charge in [-0.25, -0.2) is 4.79 Å². The first kappa shape index (κ1) is 15.2. The molecule has 2 unspecified atom stereocenters. The summed E-state index contributed by atoms with van der Waals surface area (Å²) in [5, 5.41) is 18.6. The lowest BCUT2D eigenvalue weighted by atomic mass is 10.2. The molecule has 0 aliphatic carbocycles. The van der Waals surface area contributed by atoms with Crippen LogP contribution >= 0.6 is 0 Å². The Hall–Kier alpha value is -0.810. The maximum atomic E-state index is 11.0. The van der Waals surface area contributed by atoms with Crippen molar-refractivity contribution in [1.82, 2.24) is 0 Å². The lowest BCUT2D eigenvalue weighted by molar-refractivity contribution is -0.00490. The average Bonchev–Trinajstić information content (AvgIpc) is 2.24. The van der Waals surface area contributed by atoms with Gasteiger partial charge in [0, 0.05) is 0 Å². The predicted molar refractivity (Wildman–Crippen MR) is 59.1 cm³/mol. The zero-order valence-electron chi connectivity index (χ0n) is 10.0. The van der Waals surface area contributed by atoms with Crippen molar-refractivity contribution in [2.45, 2.75) is 51.7 Å².